The van der Waals surface area contributed by atoms with E-state index in [0.29, 0.717) is 19.8 Å². The van der Waals surface area contributed by atoms with Crippen molar-refractivity contribution in [3.63, 3.8) is 0 Å². The van der Waals surface area contributed by atoms with Crippen molar-refractivity contribution >= 4 is 11.0 Å². The van der Waals surface area contributed by atoms with E-state index in [2.05, 4.69) is 9.55 Å². The van der Waals surface area contributed by atoms with Crippen LogP contribution in [-0.4, -0.2) is 34.3 Å². The lowest BCUT2D eigenvalue weighted by atomic mass is 10.2. The lowest BCUT2D eigenvalue weighted by Gasteiger charge is -2.18. The van der Waals surface area contributed by atoms with E-state index in [0.717, 1.165) is 47.0 Å². The first kappa shape index (κ1) is 14.0. The van der Waals surface area contributed by atoms with Crippen molar-refractivity contribution in [2.24, 2.45) is 5.73 Å². The fourth-order valence-electron chi connectivity index (χ4n) is 2.83. The van der Waals surface area contributed by atoms with Crippen LogP contribution in [0, 0.1) is 0 Å². The fraction of sp³-hybridized carbons (Fsp3) is 0.294. The summed E-state index contributed by atoms with van der Waals surface area (Å²) < 4.78 is 13.5. The molecule has 0 amide bonds. The predicted octanol–water partition coefficient (Wildman–Crippen LogP) is 2.22. The molecular formula is C17H18N4O2. The van der Waals surface area contributed by atoms with Crippen molar-refractivity contribution in [1.82, 2.24) is 14.5 Å². The minimum absolute atomic E-state index is 0.569. The van der Waals surface area contributed by atoms with Gasteiger partial charge >= 0.3 is 0 Å². The van der Waals surface area contributed by atoms with Gasteiger partial charge in [0.15, 0.2) is 17.3 Å². The Kier molecular flexibility index (Phi) is 3.59. The van der Waals surface area contributed by atoms with Crippen molar-refractivity contribution in [2.75, 3.05) is 19.8 Å². The highest BCUT2D eigenvalue weighted by Crippen LogP contribution is 2.36. The minimum Gasteiger partial charge on any atom is -0.486 e. The Morgan fingerprint density at radius 3 is 2.70 bits per heavy atom. The number of ether oxygens (including phenoxy) is 2. The number of hydrogen-bond donors (Lipinski definition) is 1. The van der Waals surface area contributed by atoms with Crippen LogP contribution >= 0.6 is 0 Å². The van der Waals surface area contributed by atoms with E-state index in [9.17, 15) is 0 Å². The lowest BCUT2D eigenvalue weighted by molar-refractivity contribution is 0.172. The average molecular weight is 310 g/mol. The van der Waals surface area contributed by atoms with Crippen LogP contribution in [0.25, 0.3) is 22.6 Å². The van der Waals surface area contributed by atoms with Gasteiger partial charge in [0.2, 0.25) is 0 Å². The summed E-state index contributed by atoms with van der Waals surface area (Å²) in [4.78, 5) is 9.20. The van der Waals surface area contributed by atoms with Gasteiger partial charge in [-0.1, -0.05) is 6.07 Å². The number of imidazole rings is 1. The van der Waals surface area contributed by atoms with Crippen molar-refractivity contribution in [3.8, 4) is 23.0 Å². The number of benzene rings is 1. The van der Waals surface area contributed by atoms with Crippen LogP contribution in [0.15, 0.2) is 36.5 Å². The molecule has 0 saturated carbocycles. The van der Waals surface area contributed by atoms with E-state index in [-0.39, 0.29) is 0 Å². The number of aromatic nitrogens is 3. The van der Waals surface area contributed by atoms with Crippen LogP contribution in [0.5, 0.6) is 11.5 Å². The topological polar surface area (TPSA) is 75.2 Å². The Hall–Kier alpha value is -2.60. The molecule has 6 nitrogen and oxygen atoms in total. The molecule has 1 aliphatic heterocycles. The van der Waals surface area contributed by atoms with Crippen molar-refractivity contribution in [3.05, 3.63) is 36.5 Å². The first-order valence-corrected chi connectivity index (χ1v) is 7.78. The predicted molar refractivity (Wildman–Crippen MR) is 87.6 cm³/mol. The Bertz CT molecular complexity index is 829. The zero-order chi connectivity index (χ0) is 15.6. The molecule has 0 spiro atoms. The van der Waals surface area contributed by atoms with Gasteiger partial charge in [-0.05, 0) is 25.1 Å². The number of pyridine rings is 1. The highest BCUT2D eigenvalue weighted by Gasteiger charge is 2.19. The molecule has 118 valence electrons. The van der Waals surface area contributed by atoms with E-state index in [1.54, 1.807) is 6.20 Å². The number of hydrogen-bond acceptors (Lipinski definition) is 5. The van der Waals surface area contributed by atoms with Gasteiger partial charge in [0, 0.05) is 24.9 Å². The summed E-state index contributed by atoms with van der Waals surface area (Å²) in [6.45, 7) is 2.56. The van der Waals surface area contributed by atoms with Gasteiger partial charge in [-0.15, -0.1) is 0 Å². The van der Waals surface area contributed by atoms with Gasteiger partial charge in [0.25, 0.3) is 0 Å². The smallest absolute Gasteiger partial charge is 0.163 e. The molecule has 0 radical (unpaired) electrons. The molecule has 6 heteroatoms. The van der Waals surface area contributed by atoms with Gasteiger partial charge in [-0.25, -0.2) is 4.98 Å². The summed E-state index contributed by atoms with van der Waals surface area (Å²) in [5.74, 6) is 2.36. The summed E-state index contributed by atoms with van der Waals surface area (Å²) in [5, 5.41) is 0. The summed E-state index contributed by atoms with van der Waals surface area (Å²) in [6, 6.07) is 9.77. The number of aryl methyl sites for hydroxylation is 1. The molecule has 0 bridgehead atoms. The van der Waals surface area contributed by atoms with Gasteiger partial charge in [-0.3, -0.25) is 4.98 Å². The third-order valence-corrected chi connectivity index (χ3v) is 3.89. The quantitative estimate of drug-likeness (QED) is 0.799. The Labute approximate surface area is 133 Å². The van der Waals surface area contributed by atoms with E-state index in [4.69, 9.17) is 20.2 Å². The van der Waals surface area contributed by atoms with Crippen LogP contribution in [0.3, 0.4) is 0 Å². The zero-order valence-corrected chi connectivity index (χ0v) is 12.7. The molecule has 3 aromatic rings. The Morgan fingerprint density at radius 1 is 1.13 bits per heavy atom. The molecule has 4 rings (SSSR count). The van der Waals surface area contributed by atoms with Crippen molar-refractivity contribution in [2.45, 2.75) is 13.0 Å². The van der Waals surface area contributed by atoms with Gasteiger partial charge < -0.3 is 19.8 Å². The molecule has 0 unspecified atom stereocenters. The summed E-state index contributed by atoms with van der Waals surface area (Å²) in [5.41, 5.74) is 8.44. The molecule has 1 aliphatic rings. The normalized spacial score (nSPS) is 13.4. The Morgan fingerprint density at radius 2 is 1.96 bits per heavy atom. The monoisotopic (exact) mass is 310 g/mol. The maximum absolute atomic E-state index is 5.70. The van der Waals surface area contributed by atoms with E-state index < -0.39 is 0 Å². The second kappa shape index (κ2) is 5.89. The maximum Gasteiger partial charge on any atom is 0.163 e. The van der Waals surface area contributed by atoms with Gasteiger partial charge in [0.1, 0.15) is 18.9 Å². The number of nitrogens with zero attached hydrogens (tertiary/aromatic N) is 3. The third-order valence-electron chi connectivity index (χ3n) is 3.89. The average Bonchev–Trinajstić information content (AvgIpc) is 2.96. The fourth-order valence-corrected chi connectivity index (χ4v) is 2.83. The van der Waals surface area contributed by atoms with Gasteiger partial charge in [-0.2, -0.15) is 0 Å². The molecule has 2 aromatic heterocycles. The van der Waals surface area contributed by atoms with Crippen LogP contribution in [0.2, 0.25) is 0 Å². The maximum atomic E-state index is 5.70. The molecule has 0 fully saturated rings. The highest BCUT2D eigenvalue weighted by atomic mass is 16.6. The van der Waals surface area contributed by atoms with E-state index >= 15 is 0 Å². The molecule has 1 aromatic carbocycles. The second-order valence-corrected chi connectivity index (χ2v) is 5.43. The second-order valence-electron chi connectivity index (χ2n) is 5.43. The van der Waals surface area contributed by atoms with Crippen molar-refractivity contribution < 1.29 is 9.47 Å². The zero-order valence-electron chi connectivity index (χ0n) is 12.7. The highest BCUT2D eigenvalue weighted by molar-refractivity contribution is 5.83. The minimum atomic E-state index is 0.569. The SMILES string of the molecule is NCCCn1c(-c2ccccn2)nc2cc3c(cc21)OCCO3. The molecule has 0 aliphatic carbocycles. The summed E-state index contributed by atoms with van der Waals surface area (Å²) in [6.07, 6.45) is 2.65. The van der Waals surface area contributed by atoms with E-state index in [1.165, 1.54) is 0 Å². The summed E-state index contributed by atoms with van der Waals surface area (Å²) >= 11 is 0. The largest absolute Gasteiger partial charge is 0.486 e. The molecular weight excluding hydrogens is 292 g/mol. The third kappa shape index (κ3) is 2.51. The van der Waals surface area contributed by atoms with Crippen LogP contribution in [0.1, 0.15) is 6.42 Å². The molecule has 23 heavy (non-hydrogen) atoms. The lowest BCUT2D eigenvalue weighted by Crippen LogP contribution is -2.15. The first-order valence-electron chi connectivity index (χ1n) is 7.78. The van der Waals surface area contributed by atoms with E-state index in [1.807, 2.05) is 30.3 Å². The van der Waals surface area contributed by atoms with Crippen LogP contribution < -0.4 is 15.2 Å². The van der Waals surface area contributed by atoms with Gasteiger partial charge in [0.05, 0.1) is 11.0 Å². The Balaban J connectivity index is 1.90. The molecule has 0 saturated heterocycles. The summed E-state index contributed by atoms with van der Waals surface area (Å²) in [7, 11) is 0. The number of nitrogens with two attached hydrogens (primary N) is 1. The molecule has 2 N–H and O–H groups in total. The first-order chi connectivity index (χ1) is 11.4. The van der Waals surface area contributed by atoms with Crippen LogP contribution in [-0.2, 0) is 6.54 Å². The van der Waals surface area contributed by atoms with Crippen LogP contribution in [0.4, 0.5) is 0 Å². The van der Waals surface area contributed by atoms with Crippen molar-refractivity contribution in [1.29, 1.82) is 0 Å². The standard InChI is InChI=1S/C17H18N4O2/c18-5-3-7-21-14-11-16-15(22-8-9-23-16)10-13(14)20-17(21)12-4-1-2-6-19-12/h1-2,4,6,10-11H,3,5,7-9,18H2. The number of rotatable bonds is 4. The molecule has 0 atom stereocenters. The number of fused-ring (bicyclic) bond motifs is 2. The molecule has 3 heterocycles.